The second-order valence-electron chi connectivity index (χ2n) is 7.55. The number of carbonyl (C=O) groups excluding carboxylic acids is 3. The Kier molecular flexibility index (Phi) is 6.80. The molecule has 2 atom stereocenters. The van der Waals surface area contributed by atoms with E-state index in [0.717, 1.165) is 12.5 Å². The number of fused-ring (bicyclic) bond motifs is 3. The molecule has 0 saturated heterocycles. The molecule has 7 nitrogen and oxygen atoms in total. The van der Waals surface area contributed by atoms with Gasteiger partial charge in [0.2, 0.25) is 0 Å². The molecule has 2 N–H and O–H groups in total. The van der Waals surface area contributed by atoms with Gasteiger partial charge in [0.25, 0.3) is 11.8 Å². The second kappa shape index (κ2) is 9.27. The van der Waals surface area contributed by atoms with E-state index in [0.29, 0.717) is 16.8 Å². The minimum atomic E-state index is -5.86. The topological polar surface area (TPSA) is 87.7 Å². The number of hydrogen-bond acceptors (Lipinski definition) is 4. The Morgan fingerprint density at radius 1 is 1.03 bits per heavy atom. The van der Waals surface area contributed by atoms with Gasteiger partial charge >= 0.3 is 18.2 Å². The standard InChI is InChI=1S/C22H20F5N3O4/c1-12(34-20(33)28-11-21(23,24)22(25,26)27)18(31)29-17-15-9-4-3-7-13(15)14-8-5-6-10-16(14)30(2)19(17)32/h3-10,12,17H,11H2,1-2H3,(H,28,33)(H,29,31)/t12-,17?/m0/s1. The normalized spacial score (nSPS) is 16.6. The molecule has 0 saturated carbocycles. The largest absolute Gasteiger partial charge is 0.455 e. The highest BCUT2D eigenvalue weighted by atomic mass is 19.4. The van der Waals surface area contributed by atoms with Gasteiger partial charge in [0.05, 0.1) is 12.2 Å². The highest BCUT2D eigenvalue weighted by Gasteiger charge is 2.57. The lowest BCUT2D eigenvalue weighted by molar-refractivity contribution is -0.278. The number of nitrogens with zero attached hydrogens (tertiary/aromatic N) is 1. The molecule has 0 fully saturated rings. The van der Waals surface area contributed by atoms with Crippen LogP contribution < -0.4 is 15.5 Å². The molecule has 0 radical (unpaired) electrons. The monoisotopic (exact) mass is 485 g/mol. The molecule has 2 aromatic rings. The number of para-hydroxylation sites is 1. The van der Waals surface area contributed by atoms with E-state index in [9.17, 15) is 36.3 Å². The van der Waals surface area contributed by atoms with Crippen molar-refractivity contribution in [3.05, 3.63) is 54.1 Å². The van der Waals surface area contributed by atoms with Crippen molar-refractivity contribution in [2.45, 2.75) is 31.2 Å². The van der Waals surface area contributed by atoms with Gasteiger partial charge in [-0.05, 0) is 24.1 Å². The number of nitrogens with one attached hydrogen (secondary N) is 2. The lowest BCUT2D eigenvalue weighted by Crippen LogP contribution is -2.48. The first-order chi connectivity index (χ1) is 15.8. The van der Waals surface area contributed by atoms with Crippen molar-refractivity contribution in [1.29, 1.82) is 0 Å². The Morgan fingerprint density at radius 2 is 1.62 bits per heavy atom. The van der Waals surface area contributed by atoms with Crippen LogP contribution in [-0.4, -0.2) is 49.7 Å². The van der Waals surface area contributed by atoms with Gasteiger partial charge in [-0.3, -0.25) is 9.59 Å². The van der Waals surface area contributed by atoms with Crippen LogP contribution in [0, 0.1) is 0 Å². The first-order valence-electron chi connectivity index (χ1n) is 9.99. The van der Waals surface area contributed by atoms with Crippen LogP contribution in [0.3, 0.4) is 0 Å². The summed E-state index contributed by atoms with van der Waals surface area (Å²) in [6.07, 6.45) is -9.11. The molecule has 0 aliphatic carbocycles. The van der Waals surface area contributed by atoms with Crippen molar-refractivity contribution in [3.8, 4) is 11.1 Å². The molecule has 1 aliphatic rings. The molecule has 34 heavy (non-hydrogen) atoms. The number of alkyl carbamates (subject to hydrolysis) is 1. The number of amides is 3. The molecule has 12 heteroatoms. The smallest absolute Gasteiger partial charge is 0.436 e. The molecular formula is C22H20F5N3O4. The van der Waals surface area contributed by atoms with Crippen LogP contribution in [0.25, 0.3) is 11.1 Å². The van der Waals surface area contributed by atoms with Crippen LogP contribution >= 0.6 is 0 Å². The van der Waals surface area contributed by atoms with E-state index in [-0.39, 0.29) is 0 Å². The van der Waals surface area contributed by atoms with Gasteiger partial charge in [0.1, 0.15) is 6.04 Å². The number of carbonyl (C=O) groups is 3. The predicted molar refractivity (Wildman–Crippen MR) is 111 cm³/mol. The maximum atomic E-state index is 13.2. The van der Waals surface area contributed by atoms with E-state index >= 15 is 0 Å². The molecule has 0 bridgehead atoms. The Hall–Kier alpha value is -3.70. The predicted octanol–water partition coefficient (Wildman–Crippen LogP) is 3.80. The minimum absolute atomic E-state index is 0.471. The van der Waals surface area contributed by atoms with Crippen molar-refractivity contribution in [2.24, 2.45) is 0 Å². The van der Waals surface area contributed by atoms with E-state index in [4.69, 9.17) is 0 Å². The van der Waals surface area contributed by atoms with E-state index in [1.807, 2.05) is 6.07 Å². The van der Waals surface area contributed by atoms with Gasteiger partial charge in [-0.2, -0.15) is 22.0 Å². The fraction of sp³-hybridized carbons (Fsp3) is 0.318. The van der Waals surface area contributed by atoms with Crippen LogP contribution in [-0.2, 0) is 14.3 Å². The number of hydrogen-bond donors (Lipinski definition) is 2. The summed E-state index contributed by atoms with van der Waals surface area (Å²) >= 11 is 0. The van der Waals surface area contributed by atoms with Crippen LogP contribution in [0.2, 0.25) is 0 Å². The fourth-order valence-electron chi connectivity index (χ4n) is 3.37. The first-order valence-corrected chi connectivity index (χ1v) is 9.99. The third kappa shape index (κ3) is 4.95. The Morgan fingerprint density at radius 3 is 2.26 bits per heavy atom. The quantitative estimate of drug-likeness (QED) is 0.631. The average molecular weight is 485 g/mol. The van der Waals surface area contributed by atoms with Gasteiger partial charge in [0, 0.05) is 12.6 Å². The summed E-state index contributed by atoms with van der Waals surface area (Å²) in [6.45, 7) is -0.969. The first kappa shape index (κ1) is 24.9. The van der Waals surface area contributed by atoms with Crippen molar-refractivity contribution in [1.82, 2.24) is 10.6 Å². The van der Waals surface area contributed by atoms with E-state index < -0.39 is 48.7 Å². The molecule has 2 aromatic carbocycles. The van der Waals surface area contributed by atoms with Gasteiger partial charge < -0.3 is 20.3 Å². The molecule has 1 aliphatic heterocycles. The van der Waals surface area contributed by atoms with Crippen molar-refractivity contribution in [2.75, 3.05) is 18.5 Å². The number of anilines is 1. The van der Waals surface area contributed by atoms with Crippen LogP contribution in [0.1, 0.15) is 18.5 Å². The third-order valence-electron chi connectivity index (χ3n) is 5.21. The SMILES string of the molecule is C[C@H](OC(=O)NCC(F)(F)C(F)(F)F)C(=O)NC1C(=O)N(C)c2ccccc2-c2ccccc21. The number of likely N-dealkylation sites (N-methyl/N-ethyl adjacent to an activating group) is 1. The summed E-state index contributed by atoms with van der Waals surface area (Å²) in [6, 6.07) is 12.8. The van der Waals surface area contributed by atoms with Crippen molar-refractivity contribution in [3.63, 3.8) is 0 Å². The Balaban J connectivity index is 1.74. The molecule has 1 unspecified atom stereocenters. The van der Waals surface area contributed by atoms with Crippen LogP contribution in [0.4, 0.5) is 32.4 Å². The zero-order chi connectivity index (χ0) is 25.3. The Labute approximate surface area is 190 Å². The Bertz CT molecular complexity index is 1110. The molecule has 182 valence electrons. The number of ether oxygens (including phenoxy) is 1. The lowest BCUT2D eigenvalue weighted by Gasteiger charge is -2.24. The van der Waals surface area contributed by atoms with Crippen molar-refractivity contribution >= 4 is 23.6 Å². The summed E-state index contributed by atoms with van der Waals surface area (Å²) in [5.41, 5.74) is 2.51. The number of rotatable bonds is 5. The van der Waals surface area contributed by atoms with Gasteiger partial charge in [0.15, 0.2) is 6.10 Å². The maximum Gasteiger partial charge on any atom is 0.455 e. The number of alkyl halides is 5. The fourth-order valence-corrected chi connectivity index (χ4v) is 3.37. The third-order valence-corrected chi connectivity index (χ3v) is 5.21. The van der Waals surface area contributed by atoms with Crippen molar-refractivity contribution < 1.29 is 41.1 Å². The second-order valence-corrected chi connectivity index (χ2v) is 7.55. The van der Waals surface area contributed by atoms with E-state index in [1.165, 1.54) is 17.3 Å². The zero-order valence-electron chi connectivity index (χ0n) is 18.0. The molecular weight excluding hydrogens is 465 g/mol. The molecule has 3 amide bonds. The molecule has 1 heterocycles. The highest BCUT2D eigenvalue weighted by molar-refractivity contribution is 6.06. The molecule has 0 spiro atoms. The van der Waals surface area contributed by atoms with Crippen LogP contribution in [0.15, 0.2) is 48.5 Å². The molecule has 0 aromatic heterocycles. The van der Waals surface area contributed by atoms with E-state index in [2.05, 4.69) is 10.1 Å². The number of halogens is 5. The maximum absolute atomic E-state index is 13.2. The summed E-state index contributed by atoms with van der Waals surface area (Å²) < 4.78 is 67.2. The average Bonchev–Trinajstić information content (AvgIpc) is 2.87. The van der Waals surface area contributed by atoms with Gasteiger partial charge in [-0.15, -0.1) is 0 Å². The van der Waals surface area contributed by atoms with Crippen LogP contribution in [0.5, 0.6) is 0 Å². The van der Waals surface area contributed by atoms with E-state index in [1.54, 1.807) is 42.5 Å². The summed E-state index contributed by atoms with van der Waals surface area (Å²) in [7, 11) is 1.53. The summed E-state index contributed by atoms with van der Waals surface area (Å²) in [5.74, 6) is -6.62. The zero-order valence-corrected chi connectivity index (χ0v) is 18.0. The van der Waals surface area contributed by atoms with Gasteiger partial charge in [-0.1, -0.05) is 42.5 Å². The summed E-state index contributed by atoms with van der Waals surface area (Å²) in [4.78, 5) is 38.8. The van der Waals surface area contributed by atoms with Gasteiger partial charge in [-0.25, -0.2) is 4.79 Å². The number of benzene rings is 2. The lowest BCUT2D eigenvalue weighted by atomic mass is 9.95. The summed E-state index contributed by atoms with van der Waals surface area (Å²) in [5, 5.41) is 3.75. The minimum Gasteiger partial charge on any atom is -0.436 e. The molecule has 3 rings (SSSR count). The highest BCUT2D eigenvalue weighted by Crippen LogP contribution is 2.39.